The molecule has 1 aliphatic rings. The molecule has 1 N–H and O–H groups in total. The first-order valence-electron chi connectivity index (χ1n) is 5.27. The van der Waals surface area contributed by atoms with Crippen LogP contribution in [0, 0.1) is 6.92 Å². The van der Waals surface area contributed by atoms with Crippen molar-refractivity contribution in [3.63, 3.8) is 0 Å². The first-order chi connectivity index (χ1) is 8.20. The van der Waals surface area contributed by atoms with Crippen LogP contribution >= 0.6 is 10.7 Å². The van der Waals surface area contributed by atoms with Crippen molar-refractivity contribution in [2.75, 3.05) is 4.72 Å². The third-order valence-corrected chi connectivity index (χ3v) is 5.90. The van der Waals surface area contributed by atoms with E-state index in [1.54, 1.807) is 6.92 Å². The van der Waals surface area contributed by atoms with E-state index in [9.17, 15) is 16.8 Å². The molecule has 5 nitrogen and oxygen atoms in total. The number of anilines is 1. The van der Waals surface area contributed by atoms with Crippen molar-refractivity contribution < 1.29 is 16.8 Å². The fraction of sp³-hybridized carbons (Fsp3) is 0.400. The minimum Gasteiger partial charge on any atom is -0.283 e. The van der Waals surface area contributed by atoms with Crippen molar-refractivity contribution in [1.82, 2.24) is 0 Å². The molecule has 0 aromatic heterocycles. The van der Waals surface area contributed by atoms with Crippen molar-refractivity contribution in [2.45, 2.75) is 29.9 Å². The zero-order valence-corrected chi connectivity index (χ0v) is 11.9. The summed E-state index contributed by atoms with van der Waals surface area (Å²) in [5, 5.41) is -0.326. The molecule has 0 aliphatic heterocycles. The van der Waals surface area contributed by atoms with Gasteiger partial charge in [-0.15, -0.1) is 0 Å². The van der Waals surface area contributed by atoms with Crippen molar-refractivity contribution >= 4 is 35.4 Å². The van der Waals surface area contributed by atoms with E-state index in [1.165, 1.54) is 18.2 Å². The van der Waals surface area contributed by atoms with Crippen molar-refractivity contribution in [1.29, 1.82) is 0 Å². The molecule has 1 fully saturated rings. The summed E-state index contributed by atoms with van der Waals surface area (Å²) in [5.74, 6) is 0. The topological polar surface area (TPSA) is 80.3 Å². The van der Waals surface area contributed by atoms with Gasteiger partial charge in [0, 0.05) is 10.7 Å². The second-order valence-corrected chi connectivity index (χ2v) is 8.79. The van der Waals surface area contributed by atoms with Crippen molar-refractivity contribution in [3.8, 4) is 0 Å². The molecule has 0 heterocycles. The summed E-state index contributed by atoms with van der Waals surface area (Å²) in [7, 11) is -1.93. The molecule has 1 saturated carbocycles. The summed E-state index contributed by atoms with van der Waals surface area (Å²) in [5.41, 5.74) is 0.895. The molecule has 0 spiro atoms. The molecule has 0 bridgehead atoms. The van der Waals surface area contributed by atoms with Gasteiger partial charge in [0.25, 0.3) is 9.05 Å². The molecule has 0 saturated heterocycles. The summed E-state index contributed by atoms with van der Waals surface area (Å²) in [6.07, 6.45) is 1.34. The Morgan fingerprint density at radius 3 is 2.28 bits per heavy atom. The van der Waals surface area contributed by atoms with Gasteiger partial charge in [0.1, 0.15) is 0 Å². The normalized spacial score (nSPS) is 16.6. The van der Waals surface area contributed by atoms with E-state index in [-0.39, 0.29) is 10.1 Å². The molecule has 18 heavy (non-hydrogen) atoms. The van der Waals surface area contributed by atoms with Crippen LogP contribution in [-0.4, -0.2) is 22.1 Å². The minimum absolute atomic E-state index is 0.0453. The van der Waals surface area contributed by atoms with Crippen LogP contribution in [0.15, 0.2) is 23.1 Å². The summed E-state index contributed by atoms with van der Waals surface area (Å²) in [6.45, 7) is 1.62. The maximum Gasteiger partial charge on any atom is 0.261 e. The van der Waals surface area contributed by atoms with Gasteiger partial charge in [-0.2, -0.15) is 0 Å². The van der Waals surface area contributed by atoms with Gasteiger partial charge in [0.2, 0.25) is 10.0 Å². The standard InChI is InChI=1S/C10H12ClNO4S2/c1-7-6-9(17(11,13)14)4-5-10(7)12-18(15,16)8-2-3-8/h4-6,8,12H,2-3H2,1H3. The number of rotatable bonds is 4. The first-order valence-corrected chi connectivity index (χ1v) is 9.13. The van der Waals surface area contributed by atoms with E-state index in [0.717, 1.165) is 0 Å². The minimum atomic E-state index is -3.79. The highest BCUT2D eigenvalue weighted by Crippen LogP contribution is 2.31. The molecule has 1 aliphatic carbocycles. The molecule has 0 atom stereocenters. The Labute approximate surface area is 111 Å². The fourth-order valence-electron chi connectivity index (χ4n) is 1.52. The lowest BCUT2D eigenvalue weighted by Crippen LogP contribution is -2.18. The molecular weight excluding hydrogens is 298 g/mol. The number of aryl methyl sites for hydroxylation is 1. The maximum atomic E-state index is 11.7. The number of hydrogen-bond acceptors (Lipinski definition) is 4. The zero-order chi connectivity index (χ0) is 13.6. The monoisotopic (exact) mass is 309 g/mol. The molecular formula is C10H12ClNO4S2. The molecule has 1 aromatic carbocycles. The van der Waals surface area contributed by atoms with E-state index in [0.29, 0.717) is 24.1 Å². The predicted octanol–water partition coefficient (Wildman–Crippen LogP) is 1.83. The van der Waals surface area contributed by atoms with Gasteiger partial charge in [-0.1, -0.05) is 0 Å². The Morgan fingerprint density at radius 2 is 1.83 bits per heavy atom. The third-order valence-electron chi connectivity index (χ3n) is 2.69. The number of hydrogen-bond donors (Lipinski definition) is 1. The lowest BCUT2D eigenvalue weighted by atomic mass is 10.2. The van der Waals surface area contributed by atoms with E-state index in [4.69, 9.17) is 10.7 Å². The van der Waals surface area contributed by atoms with E-state index >= 15 is 0 Å². The Kier molecular flexibility index (Phi) is 3.33. The lowest BCUT2D eigenvalue weighted by Gasteiger charge is -2.10. The van der Waals surface area contributed by atoms with Crippen LogP contribution in [0.1, 0.15) is 18.4 Å². The molecule has 2 rings (SSSR count). The van der Waals surface area contributed by atoms with Crippen molar-refractivity contribution in [2.24, 2.45) is 0 Å². The van der Waals surface area contributed by atoms with Crippen LogP contribution in [-0.2, 0) is 19.1 Å². The Balaban J connectivity index is 2.31. The molecule has 1 aromatic rings. The molecule has 0 radical (unpaired) electrons. The van der Waals surface area contributed by atoms with Crippen LogP contribution in [0.3, 0.4) is 0 Å². The summed E-state index contributed by atoms with van der Waals surface area (Å²) >= 11 is 0. The first kappa shape index (κ1) is 13.6. The van der Waals surface area contributed by atoms with E-state index < -0.39 is 19.1 Å². The highest BCUT2D eigenvalue weighted by Gasteiger charge is 2.35. The van der Waals surface area contributed by atoms with Gasteiger partial charge in [-0.05, 0) is 43.5 Å². The second-order valence-electron chi connectivity index (χ2n) is 4.26. The average Bonchev–Trinajstić information content (AvgIpc) is 3.02. The number of nitrogens with one attached hydrogen (secondary N) is 1. The molecule has 8 heteroatoms. The van der Waals surface area contributed by atoms with Gasteiger partial charge in [-0.25, -0.2) is 16.8 Å². The van der Waals surface area contributed by atoms with Gasteiger partial charge in [-0.3, -0.25) is 4.72 Å². The third kappa shape index (κ3) is 2.96. The number of sulfonamides is 1. The Hall–Kier alpha value is -0.790. The number of benzene rings is 1. The smallest absolute Gasteiger partial charge is 0.261 e. The average molecular weight is 310 g/mol. The number of halogens is 1. The predicted molar refractivity (Wildman–Crippen MR) is 69.8 cm³/mol. The van der Waals surface area contributed by atoms with Crippen LogP contribution in [0.2, 0.25) is 0 Å². The van der Waals surface area contributed by atoms with Gasteiger partial charge in [0.15, 0.2) is 0 Å². The molecule has 0 amide bonds. The van der Waals surface area contributed by atoms with E-state index in [2.05, 4.69) is 4.72 Å². The van der Waals surface area contributed by atoms with Crippen LogP contribution in [0.5, 0.6) is 0 Å². The van der Waals surface area contributed by atoms with Crippen molar-refractivity contribution in [3.05, 3.63) is 23.8 Å². The van der Waals surface area contributed by atoms with Gasteiger partial charge >= 0.3 is 0 Å². The maximum absolute atomic E-state index is 11.7. The largest absolute Gasteiger partial charge is 0.283 e. The highest BCUT2D eigenvalue weighted by molar-refractivity contribution is 8.13. The Morgan fingerprint density at radius 1 is 1.22 bits per heavy atom. The van der Waals surface area contributed by atoms with Crippen LogP contribution in [0.25, 0.3) is 0 Å². The van der Waals surface area contributed by atoms with Crippen LogP contribution < -0.4 is 4.72 Å². The highest BCUT2D eigenvalue weighted by atomic mass is 35.7. The lowest BCUT2D eigenvalue weighted by molar-refractivity contribution is 0.600. The van der Waals surface area contributed by atoms with Crippen LogP contribution in [0.4, 0.5) is 5.69 Å². The summed E-state index contributed by atoms with van der Waals surface area (Å²) in [4.78, 5) is -0.0453. The zero-order valence-electron chi connectivity index (χ0n) is 9.55. The van der Waals surface area contributed by atoms with Gasteiger partial charge < -0.3 is 0 Å². The molecule has 0 unspecified atom stereocenters. The second kappa shape index (κ2) is 4.40. The SMILES string of the molecule is Cc1cc(S(=O)(=O)Cl)ccc1NS(=O)(=O)C1CC1. The summed E-state index contributed by atoms with van der Waals surface area (Å²) in [6, 6.07) is 4.03. The van der Waals surface area contributed by atoms with Gasteiger partial charge in [0.05, 0.1) is 15.8 Å². The fourth-order valence-corrected chi connectivity index (χ4v) is 3.81. The quantitative estimate of drug-likeness (QED) is 0.860. The van der Waals surface area contributed by atoms with E-state index in [1.807, 2.05) is 0 Å². The summed E-state index contributed by atoms with van der Waals surface area (Å²) < 4.78 is 48.2. The Bertz CT molecular complexity index is 678. The molecule has 100 valence electrons.